The average Bonchev–Trinajstić information content (AvgIpc) is 2.29. The molecule has 17 heavy (non-hydrogen) atoms. The number of rotatable bonds is 3. The van der Waals surface area contributed by atoms with Gasteiger partial charge < -0.3 is 10.1 Å². The van der Waals surface area contributed by atoms with Gasteiger partial charge in [0.1, 0.15) is 0 Å². The first-order valence-corrected chi connectivity index (χ1v) is 6.47. The second kappa shape index (κ2) is 5.19. The fourth-order valence-electron chi connectivity index (χ4n) is 2.88. The molecule has 1 fully saturated rings. The monoisotopic (exact) mass is 233 g/mol. The van der Waals surface area contributed by atoms with E-state index in [1.807, 2.05) is 7.11 Å². The molecule has 0 aromatic heterocycles. The highest BCUT2D eigenvalue weighted by Crippen LogP contribution is 2.27. The van der Waals surface area contributed by atoms with Crippen LogP contribution >= 0.6 is 0 Å². The van der Waals surface area contributed by atoms with Gasteiger partial charge in [-0.3, -0.25) is 0 Å². The van der Waals surface area contributed by atoms with E-state index >= 15 is 0 Å². The highest BCUT2D eigenvalue weighted by Gasteiger charge is 2.31. The molecular formula is C15H23NO. The van der Waals surface area contributed by atoms with Crippen LogP contribution in [0.1, 0.15) is 29.5 Å². The third kappa shape index (κ3) is 3.08. The maximum absolute atomic E-state index is 5.82. The second-order valence-corrected chi connectivity index (χ2v) is 5.31. The summed E-state index contributed by atoms with van der Waals surface area (Å²) in [5, 5.41) is 3.40. The second-order valence-electron chi connectivity index (χ2n) is 5.31. The van der Waals surface area contributed by atoms with Crippen LogP contribution in [0.2, 0.25) is 0 Å². The van der Waals surface area contributed by atoms with E-state index in [0.29, 0.717) is 0 Å². The van der Waals surface area contributed by atoms with E-state index in [9.17, 15) is 0 Å². The SMILES string of the molecule is COC1(Cc2cc(C)cc(C)c2)CCNCC1. The highest BCUT2D eigenvalue weighted by molar-refractivity contribution is 5.29. The highest BCUT2D eigenvalue weighted by atomic mass is 16.5. The predicted octanol–water partition coefficient (Wildman–Crippen LogP) is 2.61. The molecule has 0 spiro atoms. The smallest absolute Gasteiger partial charge is 0.0743 e. The van der Waals surface area contributed by atoms with Crippen molar-refractivity contribution in [3.8, 4) is 0 Å². The molecule has 94 valence electrons. The molecule has 2 rings (SSSR count). The normalized spacial score (nSPS) is 19.2. The lowest BCUT2D eigenvalue weighted by molar-refractivity contribution is -0.0333. The average molecular weight is 233 g/mol. The van der Waals surface area contributed by atoms with Crippen LogP contribution < -0.4 is 5.32 Å². The fraction of sp³-hybridized carbons (Fsp3) is 0.600. The van der Waals surface area contributed by atoms with Crippen LogP contribution in [-0.2, 0) is 11.2 Å². The molecule has 0 atom stereocenters. The molecule has 1 aromatic carbocycles. The number of piperidine rings is 1. The van der Waals surface area contributed by atoms with Gasteiger partial charge in [0.25, 0.3) is 0 Å². The first-order chi connectivity index (χ1) is 8.13. The van der Waals surface area contributed by atoms with Crippen molar-refractivity contribution in [2.45, 2.75) is 38.7 Å². The van der Waals surface area contributed by atoms with Crippen molar-refractivity contribution >= 4 is 0 Å². The van der Waals surface area contributed by atoms with Gasteiger partial charge in [-0.05, 0) is 45.3 Å². The van der Waals surface area contributed by atoms with Gasteiger partial charge in [-0.2, -0.15) is 0 Å². The minimum absolute atomic E-state index is 0.0471. The molecule has 1 heterocycles. The number of hydrogen-bond donors (Lipinski definition) is 1. The minimum Gasteiger partial charge on any atom is -0.378 e. The quantitative estimate of drug-likeness (QED) is 0.866. The van der Waals surface area contributed by atoms with Crippen LogP contribution in [-0.4, -0.2) is 25.8 Å². The van der Waals surface area contributed by atoms with E-state index in [4.69, 9.17) is 4.74 Å². The molecule has 1 N–H and O–H groups in total. The summed E-state index contributed by atoms with van der Waals surface area (Å²) in [5.41, 5.74) is 4.15. The molecule has 0 amide bonds. The number of hydrogen-bond acceptors (Lipinski definition) is 2. The molecule has 2 heteroatoms. The number of methoxy groups -OCH3 is 1. The van der Waals surface area contributed by atoms with Gasteiger partial charge in [0.2, 0.25) is 0 Å². The molecule has 0 bridgehead atoms. The van der Waals surface area contributed by atoms with Crippen molar-refractivity contribution in [1.29, 1.82) is 0 Å². The van der Waals surface area contributed by atoms with Crippen LogP contribution in [0, 0.1) is 13.8 Å². The Morgan fingerprint density at radius 1 is 1.12 bits per heavy atom. The molecule has 0 aliphatic carbocycles. The molecule has 0 unspecified atom stereocenters. The molecule has 1 saturated heterocycles. The summed E-state index contributed by atoms with van der Waals surface area (Å²) in [6.07, 6.45) is 3.25. The summed E-state index contributed by atoms with van der Waals surface area (Å²) in [6, 6.07) is 6.80. The molecule has 0 saturated carbocycles. The number of benzene rings is 1. The largest absolute Gasteiger partial charge is 0.378 e. The van der Waals surface area contributed by atoms with Crippen LogP contribution in [0.15, 0.2) is 18.2 Å². The van der Waals surface area contributed by atoms with E-state index in [1.165, 1.54) is 16.7 Å². The van der Waals surface area contributed by atoms with Gasteiger partial charge in [0, 0.05) is 13.5 Å². The zero-order chi connectivity index (χ0) is 12.3. The van der Waals surface area contributed by atoms with Gasteiger partial charge in [0.05, 0.1) is 5.60 Å². The van der Waals surface area contributed by atoms with Gasteiger partial charge in [-0.25, -0.2) is 0 Å². The Bertz CT molecular complexity index is 360. The third-order valence-corrected chi connectivity index (χ3v) is 3.76. The summed E-state index contributed by atoms with van der Waals surface area (Å²) in [5.74, 6) is 0. The van der Waals surface area contributed by atoms with Crippen molar-refractivity contribution in [3.63, 3.8) is 0 Å². The standard InChI is InChI=1S/C15H23NO/c1-12-8-13(2)10-14(9-12)11-15(17-3)4-6-16-7-5-15/h8-10,16H,4-7,11H2,1-3H3. The predicted molar refractivity (Wildman–Crippen MR) is 71.5 cm³/mol. The zero-order valence-corrected chi connectivity index (χ0v) is 11.2. The van der Waals surface area contributed by atoms with E-state index in [0.717, 1.165) is 32.4 Å². The first-order valence-electron chi connectivity index (χ1n) is 6.47. The van der Waals surface area contributed by atoms with Crippen molar-refractivity contribution in [1.82, 2.24) is 5.32 Å². The number of aryl methyl sites for hydroxylation is 2. The van der Waals surface area contributed by atoms with Crippen LogP contribution in [0.5, 0.6) is 0 Å². The topological polar surface area (TPSA) is 21.3 Å². The zero-order valence-electron chi connectivity index (χ0n) is 11.2. The molecule has 1 aliphatic heterocycles. The molecule has 1 aromatic rings. The molecule has 0 radical (unpaired) electrons. The van der Waals surface area contributed by atoms with E-state index in [1.54, 1.807) is 0 Å². The first kappa shape index (κ1) is 12.6. The lowest BCUT2D eigenvalue weighted by atomic mass is 9.85. The van der Waals surface area contributed by atoms with Crippen LogP contribution in [0.4, 0.5) is 0 Å². The molecule has 1 aliphatic rings. The van der Waals surface area contributed by atoms with Crippen molar-refractivity contribution < 1.29 is 4.74 Å². The Kier molecular flexibility index (Phi) is 3.85. The van der Waals surface area contributed by atoms with Gasteiger partial charge in [0.15, 0.2) is 0 Å². The van der Waals surface area contributed by atoms with Crippen molar-refractivity contribution in [2.24, 2.45) is 0 Å². The maximum Gasteiger partial charge on any atom is 0.0743 e. The molecular weight excluding hydrogens is 210 g/mol. The van der Waals surface area contributed by atoms with E-state index in [2.05, 4.69) is 37.4 Å². The number of nitrogens with one attached hydrogen (secondary N) is 1. The van der Waals surface area contributed by atoms with Gasteiger partial charge >= 0.3 is 0 Å². The Morgan fingerprint density at radius 2 is 1.71 bits per heavy atom. The summed E-state index contributed by atoms with van der Waals surface area (Å²) in [7, 11) is 1.86. The van der Waals surface area contributed by atoms with Gasteiger partial charge in [-0.15, -0.1) is 0 Å². The van der Waals surface area contributed by atoms with Crippen molar-refractivity contribution in [2.75, 3.05) is 20.2 Å². The fourth-order valence-corrected chi connectivity index (χ4v) is 2.88. The summed E-state index contributed by atoms with van der Waals surface area (Å²) in [6.45, 7) is 6.47. The Hall–Kier alpha value is -0.860. The van der Waals surface area contributed by atoms with E-state index in [-0.39, 0.29) is 5.60 Å². The summed E-state index contributed by atoms with van der Waals surface area (Å²) < 4.78 is 5.82. The third-order valence-electron chi connectivity index (χ3n) is 3.76. The number of ether oxygens (including phenoxy) is 1. The Morgan fingerprint density at radius 3 is 2.24 bits per heavy atom. The Labute approximate surface area is 104 Å². The van der Waals surface area contributed by atoms with E-state index < -0.39 is 0 Å². The lowest BCUT2D eigenvalue weighted by Gasteiger charge is -2.36. The van der Waals surface area contributed by atoms with Gasteiger partial charge in [-0.1, -0.05) is 29.3 Å². The maximum atomic E-state index is 5.82. The van der Waals surface area contributed by atoms with Crippen LogP contribution in [0.25, 0.3) is 0 Å². The van der Waals surface area contributed by atoms with Crippen molar-refractivity contribution in [3.05, 3.63) is 34.9 Å². The minimum atomic E-state index is 0.0471. The lowest BCUT2D eigenvalue weighted by Crippen LogP contribution is -2.45. The summed E-state index contributed by atoms with van der Waals surface area (Å²) >= 11 is 0. The Balaban J connectivity index is 2.17. The summed E-state index contributed by atoms with van der Waals surface area (Å²) in [4.78, 5) is 0. The molecule has 2 nitrogen and oxygen atoms in total. The van der Waals surface area contributed by atoms with Crippen LogP contribution in [0.3, 0.4) is 0 Å².